The predicted molar refractivity (Wildman–Crippen MR) is 102 cm³/mol. The van der Waals surface area contributed by atoms with Crippen molar-refractivity contribution in [3.05, 3.63) is 47.8 Å². The number of urea groups is 1. The van der Waals surface area contributed by atoms with Crippen molar-refractivity contribution in [2.24, 2.45) is 5.92 Å². The van der Waals surface area contributed by atoms with Crippen molar-refractivity contribution in [3.8, 4) is 5.75 Å². The molecule has 3 amide bonds. The van der Waals surface area contributed by atoms with Crippen LogP contribution in [0.4, 0.5) is 16.2 Å². The molecule has 1 fully saturated rings. The van der Waals surface area contributed by atoms with Crippen LogP contribution in [0.3, 0.4) is 0 Å². The lowest BCUT2D eigenvalue weighted by Gasteiger charge is -2.26. The Balaban J connectivity index is 1.48. The van der Waals surface area contributed by atoms with Crippen LogP contribution in [0.15, 0.2) is 36.5 Å². The summed E-state index contributed by atoms with van der Waals surface area (Å²) in [6.45, 7) is 2.05. The number of aromatic nitrogens is 1. The third kappa shape index (κ3) is 3.72. The van der Waals surface area contributed by atoms with Gasteiger partial charge in [-0.2, -0.15) is 0 Å². The first-order valence-corrected chi connectivity index (χ1v) is 9.05. The van der Waals surface area contributed by atoms with E-state index in [4.69, 9.17) is 4.74 Å². The third-order valence-electron chi connectivity index (χ3n) is 4.94. The summed E-state index contributed by atoms with van der Waals surface area (Å²) in [7, 11) is 1.69. The molecule has 1 unspecified atom stereocenters. The Morgan fingerprint density at radius 2 is 2.11 bits per heavy atom. The summed E-state index contributed by atoms with van der Waals surface area (Å²) in [4.78, 5) is 30.3. The number of benzene rings is 1. The van der Waals surface area contributed by atoms with Gasteiger partial charge in [-0.15, -0.1) is 0 Å². The van der Waals surface area contributed by atoms with Crippen molar-refractivity contribution in [3.63, 3.8) is 0 Å². The van der Waals surface area contributed by atoms with Crippen LogP contribution in [0.1, 0.15) is 30.1 Å². The van der Waals surface area contributed by atoms with Crippen molar-refractivity contribution >= 4 is 23.3 Å². The van der Waals surface area contributed by atoms with E-state index in [0.717, 1.165) is 24.1 Å². The number of anilines is 2. The Bertz CT molecular complexity index is 895. The van der Waals surface area contributed by atoms with E-state index in [2.05, 4.69) is 15.6 Å². The van der Waals surface area contributed by atoms with Gasteiger partial charge >= 0.3 is 6.03 Å². The molecule has 4 rings (SSSR count). The highest BCUT2D eigenvalue weighted by molar-refractivity contribution is 5.99. The van der Waals surface area contributed by atoms with Crippen molar-refractivity contribution < 1.29 is 14.3 Å². The number of fused-ring (bicyclic) bond motifs is 1. The Kier molecular flexibility index (Phi) is 4.43. The van der Waals surface area contributed by atoms with Gasteiger partial charge in [0, 0.05) is 18.9 Å². The molecular weight excluding hydrogens is 344 g/mol. The number of carbonyl (C=O) groups is 2. The molecule has 2 aromatic rings. The number of nitrogens with zero attached hydrogens (tertiary/aromatic N) is 2. The number of nitrogens with one attached hydrogen (secondary N) is 2. The first-order valence-electron chi connectivity index (χ1n) is 9.05. The quantitative estimate of drug-likeness (QED) is 0.871. The van der Waals surface area contributed by atoms with E-state index >= 15 is 0 Å². The summed E-state index contributed by atoms with van der Waals surface area (Å²) in [6, 6.07) is 8.83. The summed E-state index contributed by atoms with van der Waals surface area (Å²) < 4.78 is 5.41. The summed E-state index contributed by atoms with van der Waals surface area (Å²) in [5.74, 6) is 0.928. The van der Waals surface area contributed by atoms with E-state index in [9.17, 15) is 9.59 Å². The van der Waals surface area contributed by atoms with Gasteiger partial charge in [0.2, 0.25) is 0 Å². The fourth-order valence-corrected chi connectivity index (χ4v) is 3.25. The highest BCUT2D eigenvalue weighted by Crippen LogP contribution is 2.40. The lowest BCUT2D eigenvalue weighted by molar-refractivity contribution is -0.120. The van der Waals surface area contributed by atoms with Crippen molar-refractivity contribution in [2.45, 2.75) is 25.8 Å². The van der Waals surface area contributed by atoms with Crippen molar-refractivity contribution in [1.29, 1.82) is 0 Å². The Morgan fingerprint density at radius 3 is 2.85 bits per heavy atom. The molecule has 1 saturated carbocycles. The topological polar surface area (TPSA) is 83.6 Å². The minimum atomic E-state index is -0.291. The maximum Gasteiger partial charge on any atom is 0.319 e. The molecule has 0 radical (unpaired) electrons. The molecule has 2 N–H and O–H groups in total. The minimum absolute atomic E-state index is 0.0311. The predicted octanol–water partition coefficient (Wildman–Crippen LogP) is 3.02. The molecular formula is C20H22N4O3. The number of pyridine rings is 1. The Labute approximate surface area is 157 Å². The maximum absolute atomic E-state index is 12.6. The van der Waals surface area contributed by atoms with Gasteiger partial charge in [0.25, 0.3) is 5.91 Å². The third-order valence-corrected chi connectivity index (χ3v) is 4.94. The van der Waals surface area contributed by atoms with Gasteiger partial charge in [-0.05, 0) is 61.6 Å². The molecule has 0 spiro atoms. The fraction of sp³-hybridized carbons (Fsp3) is 0.350. The molecule has 1 aliphatic heterocycles. The lowest BCUT2D eigenvalue weighted by atomic mass is 10.1. The van der Waals surface area contributed by atoms with Crippen LogP contribution in [0.2, 0.25) is 0 Å². The smallest absolute Gasteiger partial charge is 0.319 e. The maximum atomic E-state index is 12.6. The monoisotopic (exact) mass is 366 g/mol. The Hall–Kier alpha value is -3.09. The summed E-state index contributed by atoms with van der Waals surface area (Å²) in [5, 5.41) is 5.90. The molecule has 0 saturated heterocycles. The molecule has 2 aliphatic rings. The number of hydrogen-bond acceptors (Lipinski definition) is 4. The number of ether oxygens (including phenoxy) is 1. The zero-order chi connectivity index (χ0) is 19.0. The largest absolute Gasteiger partial charge is 0.482 e. The van der Waals surface area contributed by atoms with Crippen LogP contribution >= 0.6 is 0 Å². The summed E-state index contributed by atoms with van der Waals surface area (Å²) in [6.07, 6.45) is 3.95. The number of rotatable bonds is 4. The van der Waals surface area contributed by atoms with Crippen LogP contribution in [0, 0.1) is 12.8 Å². The highest BCUT2D eigenvalue weighted by Gasteiger charge is 2.34. The SMILES string of the molecule is Cc1ccnc(C(NC(=O)Nc2ccc3c(c2)N(C)C(=O)CO3)C2CC2)c1. The van der Waals surface area contributed by atoms with E-state index < -0.39 is 0 Å². The standard InChI is InChI=1S/C20H22N4O3/c1-12-7-8-21-15(9-12)19(13-3-4-13)23-20(26)22-14-5-6-17-16(10-14)24(2)18(25)11-27-17/h5-10,13,19H,3-4,11H2,1-2H3,(H2,22,23,26). The molecule has 1 aromatic heterocycles. The molecule has 1 aromatic carbocycles. The van der Waals surface area contributed by atoms with E-state index in [-0.39, 0.29) is 24.6 Å². The molecule has 7 heteroatoms. The molecule has 140 valence electrons. The van der Waals surface area contributed by atoms with Gasteiger partial charge < -0.3 is 20.3 Å². The van der Waals surface area contributed by atoms with E-state index in [0.29, 0.717) is 23.0 Å². The molecule has 7 nitrogen and oxygen atoms in total. The van der Waals surface area contributed by atoms with Gasteiger partial charge in [0.1, 0.15) is 5.75 Å². The van der Waals surface area contributed by atoms with Crippen molar-refractivity contribution in [2.75, 3.05) is 23.9 Å². The molecule has 27 heavy (non-hydrogen) atoms. The van der Waals surface area contributed by atoms with Gasteiger partial charge in [-0.3, -0.25) is 9.78 Å². The molecule has 1 atom stereocenters. The second-order valence-electron chi connectivity index (χ2n) is 7.10. The van der Waals surface area contributed by atoms with Gasteiger partial charge in [0.05, 0.1) is 17.4 Å². The van der Waals surface area contributed by atoms with Crippen LogP contribution in [-0.4, -0.2) is 30.6 Å². The first kappa shape index (κ1) is 17.3. The zero-order valence-electron chi connectivity index (χ0n) is 15.4. The van der Waals surface area contributed by atoms with Crippen LogP contribution < -0.4 is 20.3 Å². The summed E-state index contributed by atoms with van der Waals surface area (Å²) in [5.41, 5.74) is 3.25. The lowest BCUT2D eigenvalue weighted by Crippen LogP contribution is -2.36. The second kappa shape index (κ2) is 6.90. The van der Waals surface area contributed by atoms with Crippen LogP contribution in [0.25, 0.3) is 0 Å². The number of likely N-dealkylation sites (N-methyl/N-ethyl adjacent to an activating group) is 1. The van der Waals surface area contributed by atoms with Gasteiger partial charge in [-0.1, -0.05) is 0 Å². The molecule has 1 aliphatic carbocycles. The average Bonchev–Trinajstić information content (AvgIpc) is 3.48. The van der Waals surface area contributed by atoms with Crippen LogP contribution in [0.5, 0.6) is 5.75 Å². The molecule has 2 heterocycles. The number of carbonyl (C=O) groups excluding carboxylic acids is 2. The van der Waals surface area contributed by atoms with Gasteiger partial charge in [-0.25, -0.2) is 4.79 Å². The minimum Gasteiger partial charge on any atom is -0.482 e. The number of hydrogen-bond donors (Lipinski definition) is 2. The second-order valence-corrected chi connectivity index (χ2v) is 7.10. The number of aryl methyl sites for hydroxylation is 1. The number of amides is 3. The molecule has 0 bridgehead atoms. The normalized spacial score (nSPS) is 17.0. The van der Waals surface area contributed by atoms with E-state index in [1.165, 1.54) is 4.90 Å². The fourth-order valence-electron chi connectivity index (χ4n) is 3.25. The highest BCUT2D eigenvalue weighted by atomic mass is 16.5. The first-order chi connectivity index (χ1) is 13.0. The van der Waals surface area contributed by atoms with E-state index in [1.54, 1.807) is 31.4 Å². The zero-order valence-corrected chi connectivity index (χ0v) is 15.4. The summed E-state index contributed by atoms with van der Waals surface area (Å²) >= 11 is 0. The van der Waals surface area contributed by atoms with Crippen LogP contribution in [-0.2, 0) is 4.79 Å². The van der Waals surface area contributed by atoms with E-state index in [1.807, 2.05) is 19.1 Å². The van der Waals surface area contributed by atoms with Crippen molar-refractivity contribution in [1.82, 2.24) is 10.3 Å². The van der Waals surface area contributed by atoms with Gasteiger partial charge in [0.15, 0.2) is 6.61 Å². The Morgan fingerprint density at radius 1 is 1.30 bits per heavy atom. The average molecular weight is 366 g/mol.